The zero-order chi connectivity index (χ0) is 20.4. The summed E-state index contributed by atoms with van der Waals surface area (Å²) in [6, 6.07) is 3.91. The van der Waals surface area contributed by atoms with E-state index in [9.17, 15) is 4.79 Å². The highest BCUT2D eigenvalue weighted by Gasteiger charge is 2.40. The highest BCUT2D eigenvalue weighted by atomic mass is 16.6. The molecule has 2 atom stereocenters. The van der Waals surface area contributed by atoms with Crippen molar-refractivity contribution in [1.29, 1.82) is 5.26 Å². The highest BCUT2D eigenvalue weighted by molar-refractivity contribution is 5.69. The topological polar surface area (TPSA) is 141 Å². The first-order valence-corrected chi connectivity index (χ1v) is 9.74. The Balaban J connectivity index is 1.33. The molecule has 2 aromatic heterocycles. The van der Waals surface area contributed by atoms with Crippen LogP contribution in [0.1, 0.15) is 56.3 Å². The molecule has 0 saturated heterocycles. The summed E-state index contributed by atoms with van der Waals surface area (Å²) < 4.78 is 5.58. The molecular formula is C19H24N8O2. The fourth-order valence-electron chi connectivity index (χ4n) is 3.52. The van der Waals surface area contributed by atoms with Gasteiger partial charge in [-0.3, -0.25) is 5.10 Å². The molecule has 0 radical (unpaired) electrons. The standard InChI is InChI=1S/C19H24N8O2/c1-19(5-6-19)25-18(28)29-12-4-3-11(7-12)13-8-15(27-26-13)23-16-10-22-14(9-20)17(21-2)24-16/h8,10-12H,3-7H2,1-2H3,(H,25,28)(H3,21,23,24,26,27)/t11-,12+/m0/s1. The Kier molecular flexibility index (Phi) is 4.96. The van der Waals surface area contributed by atoms with E-state index < -0.39 is 0 Å². The molecule has 0 aromatic carbocycles. The number of carbonyl (C=O) groups excluding carboxylic acids is 1. The number of ether oxygens (including phenoxy) is 1. The minimum atomic E-state index is -0.317. The molecule has 2 aliphatic carbocycles. The molecule has 0 unspecified atom stereocenters. The lowest BCUT2D eigenvalue weighted by molar-refractivity contribution is 0.0967. The number of aromatic amines is 1. The third-order valence-electron chi connectivity index (χ3n) is 5.47. The van der Waals surface area contributed by atoms with Gasteiger partial charge in [0.15, 0.2) is 23.1 Å². The maximum absolute atomic E-state index is 12.0. The third-order valence-corrected chi connectivity index (χ3v) is 5.47. The number of rotatable bonds is 6. The van der Waals surface area contributed by atoms with Gasteiger partial charge < -0.3 is 20.7 Å². The lowest BCUT2D eigenvalue weighted by atomic mass is 10.0. The third kappa shape index (κ3) is 4.39. The van der Waals surface area contributed by atoms with Gasteiger partial charge in [0.05, 0.1) is 6.20 Å². The van der Waals surface area contributed by atoms with E-state index in [4.69, 9.17) is 10.00 Å². The number of nitrogens with one attached hydrogen (secondary N) is 4. The Bertz CT molecular complexity index is 946. The summed E-state index contributed by atoms with van der Waals surface area (Å²) in [5, 5.41) is 25.2. The number of nitrogens with zero attached hydrogens (tertiary/aromatic N) is 4. The van der Waals surface area contributed by atoms with E-state index in [0.29, 0.717) is 17.5 Å². The number of aromatic nitrogens is 4. The van der Waals surface area contributed by atoms with Gasteiger partial charge in [0.1, 0.15) is 12.2 Å². The molecule has 2 aromatic rings. The first-order valence-electron chi connectivity index (χ1n) is 9.74. The molecule has 0 spiro atoms. The average Bonchev–Trinajstić information content (AvgIpc) is 3.10. The smallest absolute Gasteiger partial charge is 0.407 e. The summed E-state index contributed by atoms with van der Waals surface area (Å²) in [5.74, 6) is 1.77. The van der Waals surface area contributed by atoms with E-state index in [2.05, 4.69) is 36.1 Å². The molecule has 10 nitrogen and oxygen atoms in total. The van der Waals surface area contributed by atoms with Crippen molar-refractivity contribution in [1.82, 2.24) is 25.5 Å². The average molecular weight is 396 g/mol. The molecule has 2 aliphatic rings. The van der Waals surface area contributed by atoms with Crippen LogP contribution in [0.25, 0.3) is 0 Å². The van der Waals surface area contributed by atoms with Crippen LogP contribution in [-0.4, -0.2) is 44.9 Å². The maximum Gasteiger partial charge on any atom is 0.407 e. The Morgan fingerprint density at radius 1 is 1.38 bits per heavy atom. The largest absolute Gasteiger partial charge is 0.446 e. The van der Waals surface area contributed by atoms with Crippen LogP contribution in [0.4, 0.5) is 22.2 Å². The van der Waals surface area contributed by atoms with Crippen molar-refractivity contribution < 1.29 is 9.53 Å². The number of alkyl carbamates (subject to hydrolysis) is 1. The highest BCUT2D eigenvalue weighted by Crippen LogP contribution is 2.37. The predicted molar refractivity (Wildman–Crippen MR) is 106 cm³/mol. The quantitative estimate of drug-likeness (QED) is 0.584. The second-order valence-electron chi connectivity index (χ2n) is 7.87. The number of hydrogen-bond donors (Lipinski definition) is 4. The van der Waals surface area contributed by atoms with E-state index in [1.54, 1.807) is 7.05 Å². The van der Waals surface area contributed by atoms with Crippen LogP contribution in [0, 0.1) is 11.3 Å². The second kappa shape index (κ2) is 7.58. The van der Waals surface area contributed by atoms with Crippen LogP contribution >= 0.6 is 0 Å². The minimum Gasteiger partial charge on any atom is -0.446 e. The van der Waals surface area contributed by atoms with Crippen molar-refractivity contribution in [2.45, 2.75) is 56.6 Å². The number of hydrogen-bond acceptors (Lipinski definition) is 8. The van der Waals surface area contributed by atoms with Gasteiger partial charge in [-0.25, -0.2) is 14.8 Å². The Labute approximate surface area is 168 Å². The van der Waals surface area contributed by atoms with Crippen molar-refractivity contribution in [3.63, 3.8) is 0 Å². The zero-order valence-corrected chi connectivity index (χ0v) is 16.5. The summed E-state index contributed by atoms with van der Waals surface area (Å²) in [6.07, 6.45) is 5.66. The van der Waals surface area contributed by atoms with Gasteiger partial charge in [0.2, 0.25) is 0 Å². The molecule has 4 N–H and O–H groups in total. The summed E-state index contributed by atoms with van der Waals surface area (Å²) in [7, 11) is 1.69. The molecule has 4 rings (SSSR count). The fourth-order valence-corrected chi connectivity index (χ4v) is 3.52. The van der Waals surface area contributed by atoms with Gasteiger partial charge in [-0.05, 0) is 39.0 Å². The molecule has 2 fully saturated rings. The Morgan fingerprint density at radius 3 is 2.93 bits per heavy atom. The summed E-state index contributed by atoms with van der Waals surface area (Å²) >= 11 is 0. The number of amides is 1. The van der Waals surface area contributed by atoms with Crippen molar-refractivity contribution in [3.05, 3.63) is 23.7 Å². The van der Waals surface area contributed by atoms with E-state index >= 15 is 0 Å². The molecule has 0 bridgehead atoms. The molecule has 29 heavy (non-hydrogen) atoms. The zero-order valence-electron chi connectivity index (χ0n) is 16.5. The maximum atomic E-state index is 12.0. The number of anilines is 3. The molecule has 2 saturated carbocycles. The van der Waals surface area contributed by atoms with E-state index in [1.165, 1.54) is 6.20 Å². The first-order chi connectivity index (χ1) is 14.0. The molecular weight excluding hydrogens is 372 g/mol. The normalized spacial score (nSPS) is 21.8. The van der Waals surface area contributed by atoms with Crippen LogP contribution in [0.15, 0.2) is 12.3 Å². The Morgan fingerprint density at radius 2 is 2.21 bits per heavy atom. The van der Waals surface area contributed by atoms with Crippen molar-refractivity contribution in [2.24, 2.45) is 0 Å². The number of H-pyrrole nitrogens is 1. The molecule has 152 valence electrons. The minimum absolute atomic E-state index is 0.0689. The van der Waals surface area contributed by atoms with Crippen LogP contribution in [0.5, 0.6) is 0 Å². The summed E-state index contributed by atoms with van der Waals surface area (Å²) in [4.78, 5) is 20.4. The van der Waals surface area contributed by atoms with Gasteiger partial charge in [0, 0.05) is 30.3 Å². The Hall–Kier alpha value is -3.35. The van der Waals surface area contributed by atoms with Crippen LogP contribution in [0.3, 0.4) is 0 Å². The molecule has 10 heteroatoms. The van der Waals surface area contributed by atoms with Crippen molar-refractivity contribution in [2.75, 3.05) is 17.7 Å². The van der Waals surface area contributed by atoms with Crippen molar-refractivity contribution in [3.8, 4) is 6.07 Å². The van der Waals surface area contributed by atoms with Gasteiger partial charge >= 0.3 is 6.09 Å². The molecule has 2 heterocycles. The van der Waals surface area contributed by atoms with E-state index in [0.717, 1.165) is 37.8 Å². The predicted octanol–water partition coefficient (Wildman–Crippen LogP) is 2.77. The second-order valence-corrected chi connectivity index (χ2v) is 7.87. The fraction of sp³-hybridized carbons (Fsp3) is 0.526. The van der Waals surface area contributed by atoms with Crippen LogP contribution in [-0.2, 0) is 4.74 Å². The van der Waals surface area contributed by atoms with Crippen molar-refractivity contribution >= 4 is 23.5 Å². The summed E-state index contributed by atoms with van der Waals surface area (Å²) in [5.41, 5.74) is 1.15. The first kappa shape index (κ1) is 19.0. The van der Waals surface area contributed by atoms with Gasteiger partial charge in [-0.1, -0.05) is 0 Å². The van der Waals surface area contributed by atoms with Gasteiger partial charge in [-0.15, -0.1) is 0 Å². The SMILES string of the molecule is CNc1nc(Nc2cc([C@H]3CC[C@@H](OC(=O)NC4(C)CC4)C3)[nH]n2)cnc1C#N. The number of nitriles is 1. The van der Waals surface area contributed by atoms with Crippen LogP contribution in [0.2, 0.25) is 0 Å². The molecule has 1 amide bonds. The number of carbonyl (C=O) groups is 1. The lowest BCUT2D eigenvalue weighted by Crippen LogP contribution is -2.36. The van der Waals surface area contributed by atoms with Crippen LogP contribution < -0.4 is 16.0 Å². The monoisotopic (exact) mass is 396 g/mol. The van der Waals surface area contributed by atoms with E-state index in [1.807, 2.05) is 19.1 Å². The van der Waals surface area contributed by atoms with Gasteiger partial charge in [-0.2, -0.15) is 10.4 Å². The van der Waals surface area contributed by atoms with Gasteiger partial charge in [0.25, 0.3) is 0 Å². The molecule has 0 aliphatic heterocycles. The lowest BCUT2D eigenvalue weighted by Gasteiger charge is -2.16. The summed E-state index contributed by atoms with van der Waals surface area (Å²) in [6.45, 7) is 2.03. The van der Waals surface area contributed by atoms with E-state index in [-0.39, 0.29) is 29.3 Å².